The van der Waals surface area contributed by atoms with E-state index in [1.54, 1.807) is 38.1 Å². The molecule has 0 saturated heterocycles. The van der Waals surface area contributed by atoms with E-state index in [9.17, 15) is 35.2 Å². The Balaban J connectivity index is 1.27. The van der Waals surface area contributed by atoms with Crippen LogP contribution >= 0.6 is 24.1 Å². The molecule has 1 atom stereocenters. The highest BCUT2D eigenvalue weighted by Gasteiger charge is 2.41. The zero-order valence-electron chi connectivity index (χ0n) is 30.0. The van der Waals surface area contributed by atoms with Crippen molar-refractivity contribution in [2.24, 2.45) is 35.8 Å². The van der Waals surface area contributed by atoms with Crippen molar-refractivity contribution in [1.82, 2.24) is 0 Å². The van der Waals surface area contributed by atoms with Gasteiger partial charge < -0.3 is 14.9 Å². The minimum absolute atomic E-state index is 0.0702. The number of nitro groups is 1. The lowest BCUT2D eigenvalue weighted by atomic mass is 10.1. The fourth-order valence-electron chi connectivity index (χ4n) is 5.40. The van der Waals surface area contributed by atoms with Crippen LogP contribution in [0, 0.1) is 24.0 Å². The third-order valence-electron chi connectivity index (χ3n) is 8.23. The van der Waals surface area contributed by atoms with Gasteiger partial charge in [0.25, 0.3) is 11.6 Å². The number of non-ortho nitro benzene ring substituents is 1. The molecule has 0 fully saturated rings. The number of phenolic OH excluding ortho intramolecular Hbond substituents is 1. The fraction of sp³-hybridized carbons (Fsp3) is 0.114. The van der Waals surface area contributed by atoms with Gasteiger partial charge in [-0.05, 0) is 85.0 Å². The van der Waals surface area contributed by atoms with Crippen LogP contribution in [0.2, 0.25) is 0 Å². The van der Waals surface area contributed by atoms with Crippen molar-refractivity contribution in [3.05, 3.63) is 100 Å². The number of aryl methyl sites for hydroxylation is 2. The second-order valence-electron chi connectivity index (χ2n) is 11.9. The summed E-state index contributed by atoms with van der Waals surface area (Å²) in [4.78, 5) is 36.6. The first-order chi connectivity index (χ1) is 27.9. The number of ether oxygens (including phenoxy) is 1. The molecule has 1 aliphatic heterocycles. The molecule has 5 aromatic rings. The average molecular weight is 830 g/mol. The van der Waals surface area contributed by atoms with Crippen LogP contribution < -0.4 is 9.75 Å². The average Bonchev–Trinajstić information content (AvgIpc) is 3.55. The second kappa shape index (κ2) is 18.0. The van der Waals surface area contributed by atoms with Crippen LogP contribution in [-0.4, -0.2) is 56.4 Å². The number of azo groups is 3. The standard InChI is InChI=1S/C35H27N9O12S2/c1-17-12-22(44(49)50)8-11-25(17)37-38-26-16-28(53-3)27(13-18(26)2)39-40-30-29(58-55-52)14-19-4-5-20(15-24(19)33(30)45)36-41-31-32(35(47)48)42-43(34(31)46)21-6-9-23(10-7-21)57-56-54-51/h4-16,31,45,51-52H,1-3H3,(H,47,48). The van der Waals surface area contributed by atoms with Gasteiger partial charge in [-0.2, -0.15) is 34.9 Å². The number of fused-ring (bicyclic) bond motifs is 1. The number of hydrogen-bond acceptors (Lipinski definition) is 20. The molecule has 1 amide bonds. The van der Waals surface area contributed by atoms with Crippen LogP contribution in [0.3, 0.4) is 0 Å². The normalized spacial score (nSPS) is 14.4. The van der Waals surface area contributed by atoms with Crippen molar-refractivity contribution in [3.8, 4) is 11.5 Å². The van der Waals surface area contributed by atoms with E-state index in [-0.39, 0.29) is 44.5 Å². The Morgan fingerprint density at radius 1 is 0.879 bits per heavy atom. The molecule has 5 aromatic carbocycles. The zero-order valence-corrected chi connectivity index (χ0v) is 31.6. The van der Waals surface area contributed by atoms with E-state index in [4.69, 9.17) is 9.99 Å². The molecule has 0 radical (unpaired) electrons. The minimum Gasteiger partial charge on any atom is -0.505 e. The molecule has 1 heterocycles. The molecule has 1 aliphatic rings. The third-order valence-corrected chi connectivity index (χ3v) is 9.39. The number of amides is 1. The molecule has 58 heavy (non-hydrogen) atoms. The number of hydrazone groups is 1. The second-order valence-corrected chi connectivity index (χ2v) is 13.4. The topological polar surface area (TPSA) is 285 Å². The molecule has 23 heteroatoms. The van der Waals surface area contributed by atoms with Gasteiger partial charge in [0.05, 0.1) is 63.8 Å². The number of methoxy groups -OCH3 is 1. The molecule has 4 N–H and O–H groups in total. The van der Waals surface area contributed by atoms with Crippen LogP contribution in [0.25, 0.3) is 10.8 Å². The smallest absolute Gasteiger partial charge is 0.355 e. The first kappa shape index (κ1) is 40.9. The van der Waals surface area contributed by atoms with E-state index in [1.165, 1.54) is 61.7 Å². The van der Waals surface area contributed by atoms with Gasteiger partial charge >= 0.3 is 5.97 Å². The fourth-order valence-corrected chi connectivity index (χ4v) is 6.22. The number of carbonyl (C=O) groups excluding carboxylic acids is 1. The van der Waals surface area contributed by atoms with Gasteiger partial charge in [-0.25, -0.2) is 15.3 Å². The number of hydrogen-bond donors (Lipinski definition) is 4. The van der Waals surface area contributed by atoms with Crippen LogP contribution in [0.15, 0.2) is 124 Å². The highest BCUT2D eigenvalue weighted by Crippen LogP contribution is 2.46. The summed E-state index contributed by atoms with van der Waals surface area (Å²) in [5.74, 6) is -2.45. The van der Waals surface area contributed by atoms with Gasteiger partial charge in [-0.15, -0.1) is 14.6 Å². The van der Waals surface area contributed by atoms with E-state index in [1.807, 2.05) is 0 Å². The van der Waals surface area contributed by atoms with E-state index < -0.39 is 34.3 Å². The number of rotatable bonds is 15. The number of carbonyl (C=O) groups is 2. The molecule has 0 aromatic heterocycles. The van der Waals surface area contributed by atoms with Crippen molar-refractivity contribution in [2.45, 2.75) is 29.7 Å². The minimum atomic E-state index is -1.61. The number of carboxylic acids is 1. The maximum Gasteiger partial charge on any atom is 0.355 e. The van der Waals surface area contributed by atoms with Crippen molar-refractivity contribution in [1.29, 1.82) is 0 Å². The number of aromatic hydroxyl groups is 1. The van der Waals surface area contributed by atoms with Crippen molar-refractivity contribution in [3.63, 3.8) is 0 Å². The van der Waals surface area contributed by atoms with Gasteiger partial charge in [0.1, 0.15) is 17.1 Å². The van der Waals surface area contributed by atoms with Gasteiger partial charge in [-0.1, -0.05) is 11.1 Å². The van der Waals surface area contributed by atoms with Crippen LogP contribution in [-0.2, 0) is 23.3 Å². The highest BCUT2D eigenvalue weighted by atomic mass is 32.2. The van der Waals surface area contributed by atoms with E-state index in [2.05, 4.69) is 49.5 Å². The maximum absolute atomic E-state index is 13.3. The first-order valence-corrected chi connectivity index (χ1v) is 17.8. The van der Waals surface area contributed by atoms with E-state index >= 15 is 0 Å². The maximum atomic E-state index is 13.3. The predicted molar refractivity (Wildman–Crippen MR) is 207 cm³/mol. The molecule has 1 unspecified atom stereocenters. The molecule has 296 valence electrons. The Morgan fingerprint density at radius 2 is 1.60 bits per heavy atom. The number of phenols is 1. The van der Waals surface area contributed by atoms with E-state index in [0.717, 1.165) is 5.01 Å². The number of carboxylic acid groups (broad SMARTS) is 1. The van der Waals surface area contributed by atoms with Crippen LogP contribution in [0.1, 0.15) is 11.1 Å². The Labute approximate surface area is 334 Å². The van der Waals surface area contributed by atoms with Crippen LogP contribution in [0.5, 0.6) is 11.5 Å². The largest absolute Gasteiger partial charge is 0.505 e. The molecular formula is C35H27N9O12S2. The lowest BCUT2D eigenvalue weighted by Gasteiger charge is -2.12. The summed E-state index contributed by atoms with van der Waals surface area (Å²) < 4.78 is 14.2. The van der Waals surface area contributed by atoms with Gasteiger partial charge in [-0.3, -0.25) is 14.9 Å². The highest BCUT2D eigenvalue weighted by molar-refractivity contribution is 7.94. The molecule has 0 spiro atoms. The lowest BCUT2D eigenvalue weighted by molar-refractivity contribution is -0.432. The van der Waals surface area contributed by atoms with Crippen molar-refractivity contribution < 1.29 is 53.7 Å². The Kier molecular flexibility index (Phi) is 12.7. The molecule has 6 rings (SSSR count). The number of nitrogens with zero attached hydrogens (tertiary/aromatic N) is 9. The third kappa shape index (κ3) is 8.95. The summed E-state index contributed by atoms with van der Waals surface area (Å²) in [7, 11) is 1.40. The summed E-state index contributed by atoms with van der Waals surface area (Å²) in [5, 5.41) is 84.1. The van der Waals surface area contributed by atoms with Crippen LogP contribution in [0.4, 0.5) is 39.8 Å². The number of aliphatic carboxylic acids is 1. The summed E-state index contributed by atoms with van der Waals surface area (Å²) in [6, 6.07) is 17.8. The molecule has 0 aliphatic carbocycles. The summed E-state index contributed by atoms with van der Waals surface area (Å²) in [6.45, 7) is 3.42. The molecule has 21 nitrogen and oxygen atoms in total. The Hall–Kier alpha value is -6.73. The SMILES string of the molecule is COc1cc(N=Nc2ccc([N+](=O)[O-])cc2C)c(C)cc1N=Nc1c(SOO)cc2ccc(N=NC3C(=O)N(c4ccc(SOOO)cc4)N=C3C(=O)O)cc2c1O. The predicted octanol–water partition coefficient (Wildman–Crippen LogP) is 9.77. The lowest BCUT2D eigenvalue weighted by Crippen LogP contribution is -2.32. The van der Waals surface area contributed by atoms with Crippen molar-refractivity contribution in [2.75, 3.05) is 12.1 Å². The Morgan fingerprint density at radius 3 is 2.28 bits per heavy atom. The summed E-state index contributed by atoms with van der Waals surface area (Å²) in [5.41, 5.74) is 1.83. The number of benzene rings is 5. The monoisotopic (exact) mass is 829 g/mol. The van der Waals surface area contributed by atoms with Gasteiger partial charge in [0, 0.05) is 28.5 Å². The number of nitro benzene ring substituents is 1. The quantitative estimate of drug-likeness (QED) is 0.0251. The molecular weight excluding hydrogens is 803 g/mol. The van der Waals surface area contributed by atoms with Crippen molar-refractivity contribution >= 4 is 92.3 Å². The summed E-state index contributed by atoms with van der Waals surface area (Å²) >= 11 is 1.18. The summed E-state index contributed by atoms with van der Waals surface area (Å²) in [6.07, 6.45) is 0. The van der Waals surface area contributed by atoms with E-state index in [0.29, 0.717) is 56.9 Å². The first-order valence-electron chi connectivity index (χ1n) is 16.3. The Bertz CT molecular complexity index is 2550. The van der Waals surface area contributed by atoms with Gasteiger partial charge in [0.2, 0.25) is 6.04 Å². The van der Waals surface area contributed by atoms with Gasteiger partial charge in [0.15, 0.2) is 11.5 Å². The zero-order chi connectivity index (χ0) is 41.5. The number of anilines is 1. The molecule has 0 bridgehead atoms. The molecule has 0 saturated carbocycles.